The summed E-state index contributed by atoms with van der Waals surface area (Å²) in [5.74, 6) is -1.58. The fourth-order valence-corrected chi connectivity index (χ4v) is 5.28. The summed E-state index contributed by atoms with van der Waals surface area (Å²) < 4.78 is 7.86. The van der Waals surface area contributed by atoms with E-state index in [1.165, 1.54) is 19.9 Å². The van der Waals surface area contributed by atoms with Gasteiger partial charge in [0, 0.05) is 30.4 Å². The molecule has 37 heavy (non-hydrogen) atoms. The Labute approximate surface area is 213 Å². The average Bonchev–Trinajstić information content (AvgIpc) is 3.31. The van der Waals surface area contributed by atoms with Crippen molar-refractivity contribution >= 4 is 28.4 Å². The molecular weight excluding hydrogens is 474 g/mol. The number of hydrogen-bond acceptors (Lipinski definition) is 8. The van der Waals surface area contributed by atoms with Gasteiger partial charge in [0.1, 0.15) is 39.8 Å². The molecule has 190 valence electrons. The van der Waals surface area contributed by atoms with E-state index < -0.39 is 28.5 Å². The van der Waals surface area contributed by atoms with Gasteiger partial charge >= 0.3 is 0 Å². The Bertz CT molecular complexity index is 1610. The molecule has 1 aliphatic heterocycles. The minimum Gasteiger partial charge on any atom is -0.507 e. The zero-order valence-electron chi connectivity index (χ0n) is 21.2. The summed E-state index contributed by atoms with van der Waals surface area (Å²) in [6.45, 7) is 8.83. The first-order valence-corrected chi connectivity index (χ1v) is 11.9. The zero-order chi connectivity index (χ0) is 26.8. The van der Waals surface area contributed by atoms with Crippen LogP contribution in [0, 0.1) is 13.8 Å². The first kappa shape index (κ1) is 24.3. The smallest absolute Gasteiger partial charge is 0.194 e. The molecule has 0 spiro atoms. The van der Waals surface area contributed by atoms with Gasteiger partial charge in [-0.15, -0.1) is 0 Å². The molecule has 9 heteroatoms. The second kappa shape index (κ2) is 8.33. The summed E-state index contributed by atoms with van der Waals surface area (Å²) in [4.78, 5) is 43.8. The summed E-state index contributed by atoms with van der Waals surface area (Å²) in [6, 6.07) is 7.81. The SMILES string of the molecule is CC(=O)c1c(O)c(C)c(O)c2c1OC1=CC(=O)/C(=C(/C)NCCn3c(C)nc4ccccc43)C(=O)[C@@]12C. The van der Waals surface area contributed by atoms with Crippen LogP contribution in [-0.4, -0.2) is 43.7 Å². The van der Waals surface area contributed by atoms with Gasteiger partial charge in [0.15, 0.2) is 17.3 Å². The van der Waals surface area contributed by atoms with Crippen molar-refractivity contribution in [3.63, 3.8) is 0 Å². The number of nitrogens with zero attached hydrogens (tertiary/aromatic N) is 2. The molecule has 0 fully saturated rings. The molecule has 0 radical (unpaired) electrons. The van der Waals surface area contributed by atoms with E-state index in [1.807, 2.05) is 31.2 Å². The number of phenols is 2. The van der Waals surface area contributed by atoms with Crippen LogP contribution in [-0.2, 0) is 21.5 Å². The van der Waals surface area contributed by atoms with Gasteiger partial charge in [0.2, 0.25) is 0 Å². The Morgan fingerprint density at radius 1 is 1.14 bits per heavy atom. The number of Topliss-reactive ketones (excluding diaryl/α,β-unsaturated/α-hetero) is 2. The number of benzene rings is 2. The second-order valence-electron chi connectivity index (χ2n) is 9.61. The number of carbonyl (C=O) groups excluding carboxylic acids is 3. The van der Waals surface area contributed by atoms with Crippen LogP contribution < -0.4 is 10.1 Å². The normalized spacial score (nSPS) is 19.9. The van der Waals surface area contributed by atoms with E-state index in [-0.39, 0.29) is 39.5 Å². The number of aromatic hydroxyl groups is 2. The first-order chi connectivity index (χ1) is 17.5. The molecular formula is C28H27N3O6. The molecule has 2 aromatic carbocycles. The number of hydrogen-bond donors (Lipinski definition) is 3. The molecule has 0 bridgehead atoms. The van der Waals surface area contributed by atoms with E-state index in [4.69, 9.17) is 4.74 Å². The molecule has 0 saturated carbocycles. The molecule has 3 N–H and O–H groups in total. The third-order valence-electron chi connectivity index (χ3n) is 7.33. The number of fused-ring (bicyclic) bond motifs is 4. The average molecular weight is 502 g/mol. The van der Waals surface area contributed by atoms with Crippen molar-refractivity contribution in [3.8, 4) is 17.2 Å². The van der Waals surface area contributed by atoms with Crippen LogP contribution in [0.1, 0.15) is 48.1 Å². The molecule has 9 nitrogen and oxygen atoms in total. The number of ether oxygens (including phenoxy) is 1. The maximum absolute atomic E-state index is 13.9. The third-order valence-corrected chi connectivity index (χ3v) is 7.33. The largest absolute Gasteiger partial charge is 0.507 e. The number of phenolic OH excluding ortho intramolecular Hbond substituents is 2. The van der Waals surface area contributed by atoms with E-state index in [9.17, 15) is 24.6 Å². The number of nitrogens with one attached hydrogen (secondary N) is 1. The topological polar surface area (TPSA) is 131 Å². The highest BCUT2D eigenvalue weighted by Crippen LogP contribution is 2.57. The monoisotopic (exact) mass is 501 g/mol. The summed E-state index contributed by atoms with van der Waals surface area (Å²) in [7, 11) is 0. The van der Waals surface area contributed by atoms with Gasteiger partial charge in [-0.25, -0.2) is 4.98 Å². The van der Waals surface area contributed by atoms with Gasteiger partial charge < -0.3 is 24.8 Å². The highest BCUT2D eigenvalue weighted by molar-refractivity contribution is 6.31. The number of allylic oxidation sites excluding steroid dienone is 4. The van der Waals surface area contributed by atoms with E-state index in [2.05, 4.69) is 14.9 Å². The summed E-state index contributed by atoms with van der Waals surface area (Å²) in [5.41, 5.74) is 0.686. The highest BCUT2D eigenvalue weighted by atomic mass is 16.5. The Morgan fingerprint density at radius 2 is 1.84 bits per heavy atom. The number of rotatable bonds is 5. The predicted octanol–water partition coefficient (Wildman–Crippen LogP) is 3.52. The second-order valence-corrected chi connectivity index (χ2v) is 9.61. The molecule has 1 aromatic heterocycles. The van der Waals surface area contributed by atoms with Crippen molar-refractivity contribution in [3.05, 3.63) is 69.9 Å². The van der Waals surface area contributed by atoms with E-state index >= 15 is 0 Å². The lowest BCUT2D eigenvalue weighted by Crippen LogP contribution is -2.41. The van der Waals surface area contributed by atoms with Gasteiger partial charge in [0.05, 0.1) is 22.2 Å². The molecule has 2 heterocycles. The van der Waals surface area contributed by atoms with Gasteiger partial charge in [0.25, 0.3) is 0 Å². The third kappa shape index (κ3) is 3.37. The van der Waals surface area contributed by atoms with E-state index in [0.717, 1.165) is 16.9 Å². The molecule has 0 amide bonds. The predicted molar refractivity (Wildman–Crippen MR) is 136 cm³/mol. The first-order valence-electron chi connectivity index (χ1n) is 11.9. The van der Waals surface area contributed by atoms with Crippen LogP contribution in [0.3, 0.4) is 0 Å². The van der Waals surface area contributed by atoms with Gasteiger partial charge in [-0.2, -0.15) is 0 Å². The number of ketones is 3. The van der Waals surface area contributed by atoms with Crippen LogP contribution >= 0.6 is 0 Å². The fraction of sp³-hybridized carbons (Fsp3) is 0.286. The van der Waals surface area contributed by atoms with Crippen molar-refractivity contribution in [2.24, 2.45) is 0 Å². The lowest BCUT2D eigenvalue weighted by Gasteiger charge is -2.29. The summed E-state index contributed by atoms with van der Waals surface area (Å²) >= 11 is 0. The molecule has 0 saturated heterocycles. The van der Waals surface area contributed by atoms with Gasteiger partial charge in [-0.1, -0.05) is 12.1 Å². The molecule has 2 aliphatic rings. The van der Waals surface area contributed by atoms with Crippen LogP contribution in [0.5, 0.6) is 17.2 Å². The van der Waals surface area contributed by atoms with E-state index in [1.54, 1.807) is 13.8 Å². The van der Waals surface area contributed by atoms with Crippen LogP contribution in [0.15, 0.2) is 47.4 Å². The molecule has 5 rings (SSSR count). The van der Waals surface area contributed by atoms with Gasteiger partial charge in [-0.3, -0.25) is 14.4 Å². The summed E-state index contributed by atoms with van der Waals surface area (Å²) in [6.07, 6.45) is 1.21. The number of imidazole rings is 1. The van der Waals surface area contributed by atoms with Crippen LogP contribution in [0.4, 0.5) is 0 Å². The van der Waals surface area contributed by atoms with Crippen molar-refractivity contribution in [1.29, 1.82) is 0 Å². The Balaban J connectivity index is 1.51. The number of carbonyl (C=O) groups is 3. The lowest BCUT2D eigenvalue weighted by molar-refractivity contribution is -0.123. The van der Waals surface area contributed by atoms with Crippen molar-refractivity contribution in [2.75, 3.05) is 6.54 Å². The Morgan fingerprint density at radius 3 is 2.54 bits per heavy atom. The van der Waals surface area contributed by atoms with Crippen LogP contribution in [0.25, 0.3) is 11.0 Å². The number of para-hydroxylation sites is 2. The minimum atomic E-state index is -1.54. The Hall–Kier alpha value is -4.40. The molecule has 1 atom stereocenters. The maximum atomic E-state index is 13.9. The minimum absolute atomic E-state index is 0.0114. The highest BCUT2D eigenvalue weighted by Gasteiger charge is 2.56. The molecule has 3 aromatic rings. The zero-order valence-corrected chi connectivity index (χ0v) is 21.2. The summed E-state index contributed by atoms with van der Waals surface area (Å²) in [5, 5.41) is 24.6. The standard InChI is InChI=1S/C28H27N3O6/c1-13-24(34)22(15(3)32)26-23(25(13)35)28(5)20(37-26)12-19(33)21(27(28)36)14(2)29-10-11-31-16(4)30-17-8-6-7-9-18(17)31/h6-9,12,29,34-35H,10-11H2,1-5H3/b21-14+/t28-/m0/s1. The quantitative estimate of drug-likeness (QED) is 0.275. The molecule has 1 aliphatic carbocycles. The number of aryl methyl sites for hydroxylation is 1. The Kier molecular flexibility index (Phi) is 5.47. The van der Waals surface area contributed by atoms with E-state index in [0.29, 0.717) is 18.8 Å². The molecule has 0 unspecified atom stereocenters. The van der Waals surface area contributed by atoms with Gasteiger partial charge in [-0.05, 0) is 46.8 Å². The van der Waals surface area contributed by atoms with Crippen molar-refractivity contribution < 1.29 is 29.3 Å². The number of aromatic nitrogens is 2. The maximum Gasteiger partial charge on any atom is 0.194 e. The fourth-order valence-electron chi connectivity index (χ4n) is 5.28. The van der Waals surface area contributed by atoms with Crippen molar-refractivity contribution in [1.82, 2.24) is 14.9 Å². The lowest BCUT2D eigenvalue weighted by atomic mass is 9.70. The van der Waals surface area contributed by atoms with Crippen molar-refractivity contribution in [2.45, 2.75) is 46.6 Å². The van der Waals surface area contributed by atoms with Crippen LogP contribution in [0.2, 0.25) is 0 Å².